The van der Waals surface area contributed by atoms with Crippen molar-refractivity contribution in [1.29, 1.82) is 0 Å². The van der Waals surface area contributed by atoms with E-state index in [1.54, 1.807) is 0 Å². The Hall–Kier alpha value is -0.160. The molecular formula is C12H30N4. The predicted molar refractivity (Wildman–Crippen MR) is 70.5 cm³/mol. The third-order valence-electron chi connectivity index (χ3n) is 2.90. The van der Waals surface area contributed by atoms with Crippen LogP contribution in [0.15, 0.2) is 0 Å². The average Bonchev–Trinajstić information content (AvgIpc) is 2.19. The molecule has 0 aromatic heterocycles. The van der Waals surface area contributed by atoms with Gasteiger partial charge in [0, 0.05) is 0 Å². The van der Waals surface area contributed by atoms with Gasteiger partial charge < -0.3 is 17.2 Å². The highest BCUT2D eigenvalue weighted by Gasteiger charge is 2.24. The van der Waals surface area contributed by atoms with Gasteiger partial charge >= 0.3 is 0 Å². The average molecular weight is 230 g/mol. The van der Waals surface area contributed by atoms with Crippen LogP contribution in [0, 0.1) is 0 Å². The topological polar surface area (TPSA) is 81.3 Å². The fourth-order valence-corrected chi connectivity index (χ4v) is 2.07. The van der Waals surface area contributed by atoms with Crippen LogP contribution in [0.5, 0.6) is 0 Å². The van der Waals surface area contributed by atoms with Crippen molar-refractivity contribution in [3.05, 3.63) is 0 Å². The molecule has 0 aromatic carbocycles. The summed E-state index contributed by atoms with van der Waals surface area (Å²) in [5.41, 5.74) is 18.5. The molecule has 4 nitrogen and oxygen atoms in total. The van der Waals surface area contributed by atoms with Gasteiger partial charge in [0.05, 0.1) is 18.5 Å². The standard InChI is InChI=1S/C12H30N4/c1-4-7-10(13)16(11(14)8-5-2)12(15)9-6-3/h10-12H,4-9,13-15H2,1-3H3. The van der Waals surface area contributed by atoms with Gasteiger partial charge in [-0.3, -0.25) is 4.90 Å². The fraction of sp³-hybridized carbons (Fsp3) is 1.00. The summed E-state index contributed by atoms with van der Waals surface area (Å²) in [6.07, 6.45) is 6.03. The molecule has 0 saturated carbocycles. The van der Waals surface area contributed by atoms with Crippen molar-refractivity contribution in [3.63, 3.8) is 0 Å². The van der Waals surface area contributed by atoms with Crippen molar-refractivity contribution in [3.8, 4) is 0 Å². The second-order valence-corrected chi connectivity index (χ2v) is 4.52. The maximum atomic E-state index is 6.16. The Bertz CT molecular complexity index is 135. The molecule has 0 bridgehead atoms. The van der Waals surface area contributed by atoms with Crippen LogP contribution in [0.2, 0.25) is 0 Å². The first-order valence-electron chi connectivity index (χ1n) is 6.62. The molecule has 3 unspecified atom stereocenters. The maximum Gasteiger partial charge on any atom is 0.0600 e. The van der Waals surface area contributed by atoms with Crippen LogP contribution in [0.1, 0.15) is 59.3 Å². The monoisotopic (exact) mass is 230 g/mol. The summed E-state index contributed by atoms with van der Waals surface area (Å²) in [6, 6.07) is 0. The summed E-state index contributed by atoms with van der Waals surface area (Å²) in [7, 11) is 0. The van der Waals surface area contributed by atoms with Crippen LogP contribution in [-0.4, -0.2) is 23.4 Å². The minimum absolute atomic E-state index is 0.00639. The molecule has 3 atom stereocenters. The molecule has 0 spiro atoms. The third kappa shape index (κ3) is 5.25. The molecule has 6 N–H and O–H groups in total. The summed E-state index contributed by atoms with van der Waals surface area (Å²) >= 11 is 0. The number of rotatable bonds is 9. The molecule has 4 heteroatoms. The summed E-state index contributed by atoms with van der Waals surface area (Å²) in [4.78, 5) is 2.09. The lowest BCUT2D eigenvalue weighted by atomic mass is 10.1. The van der Waals surface area contributed by atoms with Crippen molar-refractivity contribution in [2.45, 2.75) is 77.8 Å². The zero-order valence-electron chi connectivity index (χ0n) is 11.2. The lowest BCUT2D eigenvalue weighted by Crippen LogP contribution is -2.59. The Balaban J connectivity index is 4.47. The first kappa shape index (κ1) is 15.8. The Kier molecular flexibility index (Phi) is 8.84. The molecule has 0 aliphatic heterocycles. The first-order chi connectivity index (χ1) is 7.58. The number of nitrogens with two attached hydrogens (primary N) is 3. The minimum Gasteiger partial charge on any atom is -0.316 e. The van der Waals surface area contributed by atoms with Crippen LogP contribution in [-0.2, 0) is 0 Å². The van der Waals surface area contributed by atoms with Gasteiger partial charge in [0.15, 0.2) is 0 Å². The van der Waals surface area contributed by atoms with E-state index in [0.29, 0.717) is 0 Å². The summed E-state index contributed by atoms with van der Waals surface area (Å²) in [5.74, 6) is 0. The van der Waals surface area contributed by atoms with Gasteiger partial charge in [0.25, 0.3) is 0 Å². The Labute approximate surface area is 101 Å². The fourth-order valence-electron chi connectivity index (χ4n) is 2.07. The Morgan fingerprint density at radius 2 is 0.938 bits per heavy atom. The lowest BCUT2D eigenvalue weighted by molar-refractivity contribution is 0.0687. The smallest absolute Gasteiger partial charge is 0.0600 e. The van der Waals surface area contributed by atoms with Gasteiger partial charge in [0.2, 0.25) is 0 Å². The van der Waals surface area contributed by atoms with E-state index in [1.165, 1.54) is 0 Å². The molecular weight excluding hydrogens is 200 g/mol. The second kappa shape index (κ2) is 8.93. The van der Waals surface area contributed by atoms with Gasteiger partial charge in [-0.25, -0.2) is 0 Å². The van der Waals surface area contributed by atoms with E-state index in [4.69, 9.17) is 17.2 Å². The van der Waals surface area contributed by atoms with Crippen LogP contribution in [0.3, 0.4) is 0 Å². The highest BCUT2D eigenvalue weighted by atomic mass is 15.3. The van der Waals surface area contributed by atoms with Gasteiger partial charge in [-0.2, -0.15) is 0 Å². The molecule has 0 aromatic rings. The zero-order chi connectivity index (χ0) is 12.6. The minimum atomic E-state index is -0.00639. The van der Waals surface area contributed by atoms with Crippen molar-refractivity contribution >= 4 is 0 Å². The first-order valence-corrected chi connectivity index (χ1v) is 6.62. The van der Waals surface area contributed by atoms with Crippen LogP contribution >= 0.6 is 0 Å². The number of hydrogen-bond donors (Lipinski definition) is 3. The van der Waals surface area contributed by atoms with Crippen LogP contribution in [0.25, 0.3) is 0 Å². The molecule has 0 aliphatic rings. The van der Waals surface area contributed by atoms with Gasteiger partial charge in [0.1, 0.15) is 0 Å². The Morgan fingerprint density at radius 1 is 0.688 bits per heavy atom. The van der Waals surface area contributed by atoms with Crippen molar-refractivity contribution < 1.29 is 0 Å². The van der Waals surface area contributed by atoms with Gasteiger partial charge in [-0.15, -0.1) is 0 Å². The maximum absolute atomic E-state index is 6.16. The molecule has 98 valence electrons. The number of hydrogen-bond acceptors (Lipinski definition) is 4. The van der Waals surface area contributed by atoms with Crippen LogP contribution in [0.4, 0.5) is 0 Å². The van der Waals surface area contributed by atoms with Gasteiger partial charge in [-0.05, 0) is 19.3 Å². The molecule has 0 saturated heterocycles. The predicted octanol–water partition coefficient (Wildman–Crippen LogP) is 1.54. The molecule has 0 fully saturated rings. The van der Waals surface area contributed by atoms with E-state index < -0.39 is 0 Å². The molecule has 0 rings (SSSR count). The highest BCUT2D eigenvalue weighted by Crippen LogP contribution is 2.13. The zero-order valence-corrected chi connectivity index (χ0v) is 11.2. The lowest BCUT2D eigenvalue weighted by Gasteiger charge is -2.38. The van der Waals surface area contributed by atoms with E-state index in [-0.39, 0.29) is 18.5 Å². The van der Waals surface area contributed by atoms with Crippen molar-refractivity contribution in [2.24, 2.45) is 17.2 Å². The van der Waals surface area contributed by atoms with E-state index in [0.717, 1.165) is 38.5 Å². The van der Waals surface area contributed by atoms with Crippen LogP contribution < -0.4 is 17.2 Å². The quantitative estimate of drug-likeness (QED) is 0.525. The molecule has 0 amide bonds. The molecule has 0 aliphatic carbocycles. The second-order valence-electron chi connectivity index (χ2n) is 4.52. The third-order valence-corrected chi connectivity index (χ3v) is 2.90. The number of nitrogens with zero attached hydrogens (tertiary/aromatic N) is 1. The van der Waals surface area contributed by atoms with E-state index in [9.17, 15) is 0 Å². The summed E-state index contributed by atoms with van der Waals surface area (Å²) in [6.45, 7) is 6.40. The van der Waals surface area contributed by atoms with E-state index in [1.807, 2.05) is 0 Å². The van der Waals surface area contributed by atoms with E-state index in [2.05, 4.69) is 25.7 Å². The summed E-state index contributed by atoms with van der Waals surface area (Å²) in [5, 5.41) is 0. The molecule has 0 heterocycles. The van der Waals surface area contributed by atoms with Gasteiger partial charge in [-0.1, -0.05) is 40.0 Å². The summed E-state index contributed by atoms with van der Waals surface area (Å²) < 4.78 is 0. The largest absolute Gasteiger partial charge is 0.316 e. The highest BCUT2D eigenvalue weighted by molar-refractivity contribution is 4.76. The molecule has 0 radical (unpaired) electrons. The molecule has 16 heavy (non-hydrogen) atoms. The Morgan fingerprint density at radius 3 is 1.12 bits per heavy atom. The van der Waals surface area contributed by atoms with E-state index >= 15 is 0 Å². The normalized spacial score (nSPS) is 17.4. The van der Waals surface area contributed by atoms with Crippen molar-refractivity contribution in [2.75, 3.05) is 0 Å². The SMILES string of the molecule is CCCC(N)N(C(N)CCC)C(N)CCC. The van der Waals surface area contributed by atoms with Crippen molar-refractivity contribution in [1.82, 2.24) is 4.90 Å².